The molecule has 0 radical (unpaired) electrons. The number of piperidine rings is 1. The van der Waals surface area contributed by atoms with Gasteiger partial charge in [-0.3, -0.25) is 0 Å². The summed E-state index contributed by atoms with van der Waals surface area (Å²) in [7, 11) is -3.43. The zero-order valence-electron chi connectivity index (χ0n) is 14.7. The van der Waals surface area contributed by atoms with Crippen LogP contribution in [0.15, 0.2) is 53.9 Å². The number of aromatic amines is 1. The van der Waals surface area contributed by atoms with Crippen molar-refractivity contribution in [3.63, 3.8) is 0 Å². The zero-order valence-corrected chi connectivity index (χ0v) is 16.2. The summed E-state index contributed by atoms with van der Waals surface area (Å²) in [6.45, 7) is 0.990. The topological polar surface area (TPSA) is 66.1 Å². The molecular formula is C20H20ClN3O2S. The maximum absolute atomic E-state index is 12.6. The van der Waals surface area contributed by atoms with Crippen LogP contribution in [0.1, 0.15) is 30.1 Å². The predicted octanol–water partition coefficient (Wildman–Crippen LogP) is 4.40. The third-order valence-electron chi connectivity index (χ3n) is 4.91. The smallest absolute Gasteiger partial charge is 0.236 e. The first-order valence-corrected chi connectivity index (χ1v) is 10.8. The molecule has 27 heavy (non-hydrogen) atoms. The lowest BCUT2D eigenvalue weighted by Gasteiger charge is -2.29. The number of sulfonamides is 1. The van der Waals surface area contributed by atoms with Gasteiger partial charge < -0.3 is 4.98 Å². The molecule has 140 valence electrons. The first-order chi connectivity index (χ1) is 13.0. The standard InChI is InChI=1S/C20H20ClN3O2S/c21-17-7-5-15(6-8-17)11-14-27(25,26)24-12-9-16(10-13-24)20-22-18-3-1-2-4-19(18)23-20/h1-8,11,14,16H,9-10,12-13H2,(H,22,23)/b14-11-. The Morgan fingerprint density at radius 3 is 2.48 bits per heavy atom. The van der Waals surface area contributed by atoms with E-state index in [2.05, 4.69) is 9.97 Å². The molecule has 0 atom stereocenters. The van der Waals surface area contributed by atoms with E-state index in [1.165, 1.54) is 5.41 Å². The number of halogens is 1. The number of hydrogen-bond acceptors (Lipinski definition) is 3. The van der Waals surface area contributed by atoms with Gasteiger partial charge in [0.2, 0.25) is 10.0 Å². The normalized spacial score (nSPS) is 17.1. The van der Waals surface area contributed by atoms with Crippen LogP contribution in [0.2, 0.25) is 5.02 Å². The van der Waals surface area contributed by atoms with Crippen LogP contribution in [0.3, 0.4) is 0 Å². The van der Waals surface area contributed by atoms with Gasteiger partial charge in [0.1, 0.15) is 5.82 Å². The van der Waals surface area contributed by atoms with Crippen molar-refractivity contribution < 1.29 is 8.42 Å². The second kappa shape index (κ2) is 7.46. The summed E-state index contributed by atoms with van der Waals surface area (Å²) in [5.41, 5.74) is 2.78. The number of rotatable bonds is 4. The Labute approximate surface area is 163 Å². The third kappa shape index (κ3) is 4.08. The summed E-state index contributed by atoms with van der Waals surface area (Å²) >= 11 is 5.86. The number of nitrogens with zero attached hydrogens (tertiary/aromatic N) is 2. The van der Waals surface area contributed by atoms with Gasteiger partial charge in [-0.1, -0.05) is 35.9 Å². The highest BCUT2D eigenvalue weighted by Gasteiger charge is 2.28. The molecule has 3 aromatic rings. The van der Waals surface area contributed by atoms with Crippen LogP contribution >= 0.6 is 11.6 Å². The lowest BCUT2D eigenvalue weighted by Crippen LogP contribution is -2.36. The Balaban J connectivity index is 1.42. The molecule has 5 nitrogen and oxygen atoms in total. The Morgan fingerprint density at radius 2 is 1.78 bits per heavy atom. The highest BCUT2D eigenvalue weighted by molar-refractivity contribution is 7.92. The van der Waals surface area contributed by atoms with Gasteiger partial charge in [-0.2, -0.15) is 4.31 Å². The van der Waals surface area contributed by atoms with Crippen molar-refractivity contribution in [2.75, 3.05) is 13.1 Å². The molecule has 1 aromatic heterocycles. The monoisotopic (exact) mass is 401 g/mol. The van der Waals surface area contributed by atoms with Crippen molar-refractivity contribution in [3.05, 3.63) is 70.3 Å². The molecule has 0 unspecified atom stereocenters. The maximum Gasteiger partial charge on any atom is 0.236 e. The van der Waals surface area contributed by atoms with Gasteiger partial charge in [0.15, 0.2) is 0 Å². The Bertz CT molecular complexity index is 1030. The average Bonchev–Trinajstić information content (AvgIpc) is 3.12. The van der Waals surface area contributed by atoms with Crippen LogP contribution < -0.4 is 0 Å². The quantitative estimate of drug-likeness (QED) is 0.704. The van der Waals surface area contributed by atoms with Gasteiger partial charge in [-0.15, -0.1) is 0 Å². The molecule has 0 amide bonds. The molecule has 4 rings (SSSR count). The minimum absolute atomic E-state index is 0.254. The van der Waals surface area contributed by atoms with Crippen molar-refractivity contribution in [2.24, 2.45) is 0 Å². The molecule has 0 aliphatic carbocycles. The van der Waals surface area contributed by atoms with Gasteiger partial charge in [0.05, 0.1) is 11.0 Å². The van der Waals surface area contributed by atoms with E-state index in [-0.39, 0.29) is 5.92 Å². The molecular weight excluding hydrogens is 382 g/mol. The zero-order chi connectivity index (χ0) is 18.9. The van der Waals surface area contributed by atoms with Crippen LogP contribution in [0.25, 0.3) is 17.1 Å². The summed E-state index contributed by atoms with van der Waals surface area (Å²) in [5.74, 6) is 1.20. The lowest BCUT2D eigenvalue weighted by molar-refractivity contribution is 0.317. The molecule has 1 aliphatic rings. The molecule has 1 N–H and O–H groups in total. The molecule has 0 spiro atoms. The largest absolute Gasteiger partial charge is 0.342 e. The molecule has 1 saturated heterocycles. The Kier molecular flexibility index (Phi) is 5.04. The SMILES string of the molecule is O=S(=O)(/C=C\c1ccc(Cl)cc1)N1CCC(c2nc3ccccc3[nH]2)CC1. The van der Waals surface area contributed by atoms with Crippen LogP contribution in [0, 0.1) is 0 Å². The van der Waals surface area contributed by atoms with E-state index in [4.69, 9.17) is 11.6 Å². The Morgan fingerprint density at radius 1 is 1.07 bits per heavy atom. The van der Waals surface area contributed by atoms with E-state index >= 15 is 0 Å². The number of aromatic nitrogens is 2. The Hall–Kier alpha value is -2.15. The molecule has 0 bridgehead atoms. The summed E-state index contributed by atoms with van der Waals surface area (Å²) in [6, 6.07) is 15.0. The minimum atomic E-state index is -3.43. The maximum atomic E-state index is 12.6. The van der Waals surface area contributed by atoms with Crippen LogP contribution in [0.4, 0.5) is 0 Å². The molecule has 0 saturated carbocycles. The van der Waals surface area contributed by atoms with Crippen molar-refractivity contribution in [3.8, 4) is 0 Å². The number of benzene rings is 2. The van der Waals surface area contributed by atoms with Crippen LogP contribution in [-0.4, -0.2) is 35.8 Å². The van der Waals surface area contributed by atoms with E-state index in [1.807, 2.05) is 24.3 Å². The molecule has 2 heterocycles. The number of nitrogens with one attached hydrogen (secondary N) is 1. The highest BCUT2D eigenvalue weighted by Crippen LogP contribution is 2.29. The van der Waals surface area contributed by atoms with E-state index in [1.54, 1.807) is 34.6 Å². The number of para-hydroxylation sites is 2. The van der Waals surface area contributed by atoms with Crippen molar-refractivity contribution in [2.45, 2.75) is 18.8 Å². The number of hydrogen-bond donors (Lipinski definition) is 1. The predicted molar refractivity (Wildman–Crippen MR) is 109 cm³/mol. The van der Waals surface area contributed by atoms with E-state index in [0.717, 1.165) is 35.3 Å². The lowest BCUT2D eigenvalue weighted by atomic mass is 9.97. The molecule has 2 aromatic carbocycles. The fraction of sp³-hybridized carbons (Fsp3) is 0.250. The van der Waals surface area contributed by atoms with Crippen LogP contribution in [0.5, 0.6) is 0 Å². The summed E-state index contributed by atoms with van der Waals surface area (Å²) in [6.07, 6.45) is 3.12. The fourth-order valence-electron chi connectivity index (χ4n) is 3.37. The fourth-order valence-corrected chi connectivity index (χ4v) is 4.72. The molecule has 7 heteroatoms. The average molecular weight is 402 g/mol. The van der Waals surface area contributed by atoms with Gasteiger partial charge in [-0.05, 0) is 48.7 Å². The van der Waals surface area contributed by atoms with E-state index < -0.39 is 10.0 Å². The van der Waals surface area contributed by atoms with E-state index in [0.29, 0.717) is 18.1 Å². The first-order valence-electron chi connectivity index (χ1n) is 8.90. The second-order valence-electron chi connectivity index (χ2n) is 6.71. The minimum Gasteiger partial charge on any atom is -0.342 e. The van der Waals surface area contributed by atoms with Gasteiger partial charge >= 0.3 is 0 Å². The van der Waals surface area contributed by atoms with Crippen LogP contribution in [-0.2, 0) is 10.0 Å². The van der Waals surface area contributed by atoms with Gasteiger partial charge in [-0.25, -0.2) is 13.4 Å². The first kappa shape index (κ1) is 18.2. The number of H-pyrrole nitrogens is 1. The van der Waals surface area contributed by atoms with Crippen molar-refractivity contribution in [1.82, 2.24) is 14.3 Å². The van der Waals surface area contributed by atoms with Crippen molar-refractivity contribution >= 4 is 38.7 Å². The van der Waals surface area contributed by atoms with E-state index in [9.17, 15) is 8.42 Å². The number of imidazole rings is 1. The van der Waals surface area contributed by atoms with Gasteiger partial charge in [0.25, 0.3) is 0 Å². The third-order valence-corrected chi connectivity index (χ3v) is 6.73. The molecule has 1 aliphatic heterocycles. The summed E-state index contributed by atoms with van der Waals surface area (Å²) in [5, 5.41) is 1.90. The van der Waals surface area contributed by atoms with Crippen molar-refractivity contribution in [1.29, 1.82) is 0 Å². The number of fused-ring (bicyclic) bond motifs is 1. The summed E-state index contributed by atoms with van der Waals surface area (Å²) < 4.78 is 26.7. The highest BCUT2D eigenvalue weighted by atomic mass is 35.5. The molecule has 1 fully saturated rings. The van der Waals surface area contributed by atoms with Gasteiger partial charge in [0, 0.05) is 29.4 Å². The summed E-state index contributed by atoms with van der Waals surface area (Å²) in [4.78, 5) is 8.02. The second-order valence-corrected chi connectivity index (χ2v) is 8.97.